The minimum Gasteiger partial charge on any atom is -0.505 e. The van der Waals surface area contributed by atoms with Crippen LogP contribution in [-0.4, -0.2) is 99.8 Å². The number of benzene rings is 4. The standard InChI is InChI=1S/C28H24ClN7O17S5/c1-52-16-4-7-19(21(12-16)56(43,44)45)35-36-24-22(57(46,47)48)11-14-10-18(55(40,41)42)13-20(23(14)25(24)37)31-28-33-26(29)32-27(34-28)30-15-2-5-17(6-3-15)54(38,39)9-8-53-58(49,50)51/h2-7,10-13,37H,8-9H2,1H3,(H,40,41,42)(H,43,44,45)(H,46,47,48)(H,49,50,51)(H2,30,31,32,33,34). The van der Waals surface area contributed by atoms with Crippen LogP contribution in [0.4, 0.5) is 34.6 Å². The van der Waals surface area contributed by atoms with E-state index in [0.29, 0.717) is 12.1 Å². The van der Waals surface area contributed by atoms with E-state index >= 15 is 0 Å². The number of ether oxygens (including phenoxy) is 1. The number of fused-ring (bicyclic) bond motifs is 1. The number of methoxy groups -OCH3 is 1. The quantitative estimate of drug-likeness (QED) is 0.0582. The van der Waals surface area contributed by atoms with E-state index in [9.17, 15) is 60.9 Å². The zero-order chi connectivity index (χ0) is 43.0. The summed E-state index contributed by atoms with van der Waals surface area (Å²) in [5.74, 6) is -2.80. The van der Waals surface area contributed by atoms with Gasteiger partial charge in [0.15, 0.2) is 15.6 Å². The molecule has 0 atom stereocenters. The molecule has 310 valence electrons. The van der Waals surface area contributed by atoms with Crippen LogP contribution in [0.25, 0.3) is 10.8 Å². The second kappa shape index (κ2) is 16.2. The first kappa shape index (κ1) is 43.9. The molecule has 5 rings (SSSR count). The van der Waals surface area contributed by atoms with E-state index in [2.05, 4.69) is 40.0 Å². The maximum atomic E-state index is 12.5. The van der Waals surface area contributed by atoms with Gasteiger partial charge in [-0.05, 0) is 71.6 Å². The van der Waals surface area contributed by atoms with Crippen molar-refractivity contribution in [1.29, 1.82) is 0 Å². The molecule has 24 nitrogen and oxygen atoms in total. The summed E-state index contributed by atoms with van der Waals surface area (Å²) in [4.78, 5) is 8.65. The third-order valence-electron chi connectivity index (χ3n) is 7.31. The number of anilines is 4. The Morgan fingerprint density at radius 1 is 0.707 bits per heavy atom. The van der Waals surface area contributed by atoms with Crippen molar-refractivity contribution in [3.05, 3.63) is 65.9 Å². The number of aromatic nitrogens is 3. The molecule has 0 spiro atoms. The molecule has 0 aliphatic carbocycles. The van der Waals surface area contributed by atoms with Crippen LogP contribution in [0.3, 0.4) is 0 Å². The van der Waals surface area contributed by atoms with Crippen LogP contribution in [0.2, 0.25) is 5.28 Å². The van der Waals surface area contributed by atoms with E-state index in [1.54, 1.807) is 0 Å². The van der Waals surface area contributed by atoms with Crippen molar-refractivity contribution in [2.45, 2.75) is 19.6 Å². The molecule has 0 saturated carbocycles. The third kappa shape index (κ3) is 10.6. The molecule has 0 saturated heterocycles. The monoisotopic (exact) mass is 925 g/mol. The van der Waals surface area contributed by atoms with Gasteiger partial charge in [0.25, 0.3) is 30.4 Å². The molecule has 58 heavy (non-hydrogen) atoms. The van der Waals surface area contributed by atoms with Crippen molar-refractivity contribution in [3.8, 4) is 11.5 Å². The zero-order valence-electron chi connectivity index (χ0n) is 28.5. The van der Waals surface area contributed by atoms with E-state index in [4.69, 9.17) is 20.9 Å². The van der Waals surface area contributed by atoms with Crippen LogP contribution in [0.15, 0.2) is 90.5 Å². The molecule has 0 unspecified atom stereocenters. The molecule has 0 amide bonds. The highest BCUT2D eigenvalue weighted by atomic mass is 35.5. The molecular weight excluding hydrogens is 902 g/mol. The van der Waals surface area contributed by atoms with Gasteiger partial charge in [0.05, 0.1) is 34.9 Å². The topological polar surface area (TPSA) is 378 Å². The third-order valence-corrected chi connectivity index (χ3v) is 12.2. The lowest BCUT2D eigenvalue weighted by Crippen LogP contribution is -2.15. The first-order valence-electron chi connectivity index (χ1n) is 15.0. The summed E-state index contributed by atoms with van der Waals surface area (Å²) in [7, 11) is -23.2. The Labute approximate surface area is 332 Å². The number of rotatable bonds is 15. The number of aromatic hydroxyl groups is 1. The van der Waals surface area contributed by atoms with Crippen LogP contribution in [0, 0.1) is 0 Å². The minimum atomic E-state index is -5.35. The van der Waals surface area contributed by atoms with Gasteiger partial charge in [0.2, 0.25) is 17.2 Å². The van der Waals surface area contributed by atoms with Crippen molar-refractivity contribution >= 4 is 108 Å². The molecule has 1 aromatic heterocycles. The lowest BCUT2D eigenvalue weighted by Gasteiger charge is -2.15. The summed E-state index contributed by atoms with van der Waals surface area (Å²) in [6.07, 6.45) is 0. The van der Waals surface area contributed by atoms with Crippen molar-refractivity contribution < 1.29 is 74.3 Å². The average molecular weight is 926 g/mol. The largest absolute Gasteiger partial charge is 0.505 e. The van der Waals surface area contributed by atoms with E-state index in [1.165, 1.54) is 25.3 Å². The lowest BCUT2D eigenvalue weighted by molar-refractivity contribution is 0.284. The lowest BCUT2D eigenvalue weighted by atomic mass is 10.1. The van der Waals surface area contributed by atoms with Crippen LogP contribution in [-0.2, 0) is 54.8 Å². The number of nitrogens with zero attached hydrogens (tertiary/aromatic N) is 5. The normalized spacial score (nSPS) is 12.9. The highest BCUT2D eigenvalue weighted by Crippen LogP contribution is 2.46. The van der Waals surface area contributed by atoms with E-state index in [-0.39, 0.29) is 22.3 Å². The number of sulfone groups is 1. The second-order valence-corrected chi connectivity index (χ2v) is 18.9. The first-order valence-corrected chi connectivity index (χ1v) is 22.7. The van der Waals surface area contributed by atoms with Gasteiger partial charge >= 0.3 is 10.4 Å². The first-order chi connectivity index (χ1) is 26.7. The molecule has 0 radical (unpaired) electrons. The van der Waals surface area contributed by atoms with Crippen LogP contribution < -0.4 is 15.4 Å². The predicted octanol–water partition coefficient (Wildman–Crippen LogP) is 3.63. The molecule has 30 heteroatoms. The van der Waals surface area contributed by atoms with Gasteiger partial charge < -0.3 is 20.5 Å². The highest BCUT2D eigenvalue weighted by molar-refractivity contribution is 7.91. The molecule has 1 heterocycles. The van der Waals surface area contributed by atoms with Gasteiger partial charge in [-0.1, -0.05) is 0 Å². The fraction of sp³-hybridized carbons (Fsp3) is 0.107. The molecule has 4 aromatic carbocycles. The molecule has 0 fully saturated rings. The maximum absolute atomic E-state index is 12.5. The number of nitrogens with one attached hydrogen (secondary N) is 2. The van der Waals surface area contributed by atoms with Crippen molar-refractivity contribution in [3.63, 3.8) is 0 Å². The molecule has 0 bridgehead atoms. The molecule has 5 aromatic rings. The maximum Gasteiger partial charge on any atom is 0.397 e. The summed E-state index contributed by atoms with van der Waals surface area (Å²) in [5.41, 5.74) is -1.95. The van der Waals surface area contributed by atoms with Gasteiger partial charge in [-0.25, -0.2) is 12.6 Å². The van der Waals surface area contributed by atoms with E-state index < -0.39 is 122 Å². The molecular formula is C28H24ClN7O17S5. The van der Waals surface area contributed by atoms with Gasteiger partial charge in [-0.3, -0.25) is 18.2 Å². The second-order valence-electron chi connectivity index (χ2n) is 11.2. The van der Waals surface area contributed by atoms with Crippen LogP contribution in [0.5, 0.6) is 11.5 Å². The fourth-order valence-electron chi connectivity index (χ4n) is 4.84. The number of hydrogen-bond acceptors (Lipinski definition) is 20. The molecule has 0 aliphatic heterocycles. The SMILES string of the molecule is COc1ccc(N=Nc2c(S(=O)(=O)O)cc3cc(S(=O)(=O)O)cc(Nc4nc(Cl)nc(Nc5ccc(S(=O)(=O)CCOS(=O)(=O)O)cc5)n4)c3c2O)c(S(=O)(=O)O)c1. The Morgan fingerprint density at radius 2 is 1.33 bits per heavy atom. The molecule has 7 N–H and O–H groups in total. The van der Waals surface area contributed by atoms with E-state index in [0.717, 1.165) is 30.3 Å². The summed E-state index contributed by atoms with van der Waals surface area (Å²) in [5, 5.41) is 22.5. The Morgan fingerprint density at radius 3 is 1.90 bits per heavy atom. The zero-order valence-corrected chi connectivity index (χ0v) is 33.3. The summed E-state index contributed by atoms with van der Waals surface area (Å²) < 4.78 is 167. The Hall–Kier alpha value is -5.21. The summed E-state index contributed by atoms with van der Waals surface area (Å²) >= 11 is 6.09. The summed E-state index contributed by atoms with van der Waals surface area (Å²) in [6.45, 7) is -0.866. The Balaban J connectivity index is 1.58. The number of halogens is 1. The van der Waals surface area contributed by atoms with Crippen LogP contribution in [0.1, 0.15) is 0 Å². The Kier molecular flexibility index (Phi) is 12.3. The fourth-order valence-corrected chi connectivity index (χ4v) is 8.33. The summed E-state index contributed by atoms with van der Waals surface area (Å²) in [6, 6.07) is 9.88. The predicted molar refractivity (Wildman–Crippen MR) is 200 cm³/mol. The van der Waals surface area contributed by atoms with Crippen molar-refractivity contribution in [1.82, 2.24) is 15.0 Å². The minimum absolute atomic E-state index is 0.0471. The number of azo groups is 1. The van der Waals surface area contributed by atoms with Crippen LogP contribution >= 0.6 is 11.6 Å². The Bertz CT molecular complexity index is 3060. The van der Waals surface area contributed by atoms with Crippen molar-refractivity contribution in [2.24, 2.45) is 10.2 Å². The number of phenols is 1. The highest BCUT2D eigenvalue weighted by Gasteiger charge is 2.27. The average Bonchev–Trinajstić information content (AvgIpc) is 3.09. The van der Waals surface area contributed by atoms with E-state index in [1.807, 2.05) is 0 Å². The van der Waals surface area contributed by atoms with Crippen molar-refractivity contribution in [2.75, 3.05) is 30.1 Å². The smallest absolute Gasteiger partial charge is 0.397 e. The van der Waals surface area contributed by atoms with Gasteiger partial charge in [0.1, 0.15) is 26.9 Å². The van der Waals surface area contributed by atoms with Gasteiger partial charge in [0, 0.05) is 17.1 Å². The van der Waals surface area contributed by atoms with Gasteiger partial charge in [-0.15, -0.1) is 10.2 Å². The molecule has 0 aliphatic rings. The van der Waals surface area contributed by atoms with Gasteiger partial charge in [-0.2, -0.15) is 48.6 Å². The number of hydrogen-bond donors (Lipinski definition) is 7. The number of phenolic OH excluding ortho intramolecular Hbond substituents is 1.